The third-order valence-corrected chi connectivity index (χ3v) is 3.25. The van der Waals surface area contributed by atoms with Crippen molar-refractivity contribution in [2.45, 2.75) is 19.5 Å². The molecule has 1 aromatic heterocycles. The summed E-state index contributed by atoms with van der Waals surface area (Å²) in [6, 6.07) is 8.42. The Balaban J connectivity index is 2.06. The second-order valence-electron chi connectivity index (χ2n) is 4.79. The highest BCUT2D eigenvalue weighted by molar-refractivity contribution is 5.81. The quantitative estimate of drug-likeness (QED) is 0.712. The van der Waals surface area contributed by atoms with Crippen LogP contribution in [0.3, 0.4) is 0 Å². The van der Waals surface area contributed by atoms with E-state index in [0.29, 0.717) is 19.6 Å². The van der Waals surface area contributed by atoms with Crippen LogP contribution in [0.1, 0.15) is 12.0 Å². The molecule has 1 aromatic carbocycles. The summed E-state index contributed by atoms with van der Waals surface area (Å²) in [7, 11) is 1.69. The fourth-order valence-corrected chi connectivity index (χ4v) is 2.17. The van der Waals surface area contributed by atoms with Crippen LogP contribution in [0.5, 0.6) is 0 Å². The Hall–Kier alpha value is -1.85. The summed E-state index contributed by atoms with van der Waals surface area (Å²) in [4.78, 5) is 10.9. The molecule has 1 heterocycles. The maximum Gasteiger partial charge on any atom is 0.219 e. The zero-order valence-electron chi connectivity index (χ0n) is 11.8. The van der Waals surface area contributed by atoms with Crippen LogP contribution in [-0.4, -0.2) is 30.7 Å². The molecule has 0 atom stereocenters. The average molecular weight is 275 g/mol. The molecular formula is C15H21N3O2. The minimum atomic E-state index is -0.274. The van der Waals surface area contributed by atoms with E-state index in [1.807, 2.05) is 6.20 Å². The SMILES string of the molecule is COCCNCc1ccc2ccn(CCC(N)=O)c2c1. The number of carbonyl (C=O) groups excluding carboxylic acids is 1. The Morgan fingerprint density at radius 2 is 2.25 bits per heavy atom. The normalized spacial score (nSPS) is 11.1. The Morgan fingerprint density at radius 1 is 1.40 bits per heavy atom. The zero-order chi connectivity index (χ0) is 14.4. The Labute approximate surface area is 118 Å². The van der Waals surface area contributed by atoms with Crippen molar-refractivity contribution in [3.05, 3.63) is 36.0 Å². The van der Waals surface area contributed by atoms with Gasteiger partial charge in [0.25, 0.3) is 0 Å². The van der Waals surface area contributed by atoms with Gasteiger partial charge in [0.15, 0.2) is 0 Å². The Bertz CT molecular complexity index is 578. The molecule has 0 fully saturated rings. The molecule has 0 unspecified atom stereocenters. The van der Waals surface area contributed by atoms with Crippen LogP contribution in [0, 0.1) is 0 Å². The van der Waals surface area contributed by atoms with Gasteiger partial charge in [-0.25, -0.2) is 0 Å². The summed E-state index contributed by atoms with van der Waals surface area (Å²) in [5.74, 6) is -0.274. The van der Waals surface area contributed by atoms with Crippen LogP contribution in [0.25, 0.3) is 10.9 Å². The van der Waals surface area contributed by atoms with Gasteiger partial charge in [-0.1, -0.05) is 12.1 Å². The van der Waals surface area contributed by atoms with Crippen molar-refractivity contribution in [2.24, 2.45) is 5.73 Å². The molecule has 5 nitrogen and oxygen atoms in total. The number of nitrogens with two attached hydrogens (primary N) is 1. The molecule has 108 valence electrons. The number of aromatic nitrogens is 1. The highest BCUT2D eigenvalue weighted by Gasteiger charge is 2.04. The second-order valence-corrected chi connectivity index (χ2v) is 4.79. The number of hydrogen-bond donors (Lipinski definition) is 2. The molecule has 0 aliphatic rings. The molecule has 3 N–H and O–H groups in total. The maximum atomic E-state index is 10.9. The van der Waals surface area contributed by atoms with Crippen LogP contribution in [0.2, 0.25) is 0 Å². The van der Waals surface area contributed by atoms with Gasteiger partial charge in [-0.15, -0.1) is 0 Å². The van der Waals surface area contributed by atoms with Crippen LogP contribution < -0.4 is 11.1 Å². The van der Waals surface area contributed by atoms with Crippen molar-refractivity contribution in [2.75, 3.05) is 20.3 Å². The molecule has 5 heteroatoms. The zero-order valence-corrected chi connectivity index (χ0v) is 11.8. The molecule has 0 bridgehead atoms. The largest absolute Gasteiger partial charge is 0.383 e. The van der Waals surface area contributed by atoms with Gasteiger partial charge in [0.05, 0.1) is 6.61 Å². The monoisotopic (exact) mass is 275 g/mol. The number of methoxy groups -OCH3 is 1. The number of hydrogen-bond acceptors (Lipinski definition) is 3. The Kier molecular flexibility index (Phi) is 5.15. The summed E-state index contributed by atoms with van der Waals surface area (Å²) in [5, 5.41) is 4.50. The van der Waals surface area contributed by atoms with Gasteiger partial charge < -0.3 is 20.4 Å². The smallest absolute Gasteiger partial charge is 0.219 e. The first-order valence-electron chi connectivity index (χ1n) is 6.76. The molecule has 0 aliphatic carbocycles. The number of nitrogens with one attached hydrogen (secondary N) is 1. The number of benzene rings is 1. The van der Waals surface area contributed by atoms with Gasteiger partial charge >= 0.3 is 0 Å². The van der Waals surface area contributed by atoms with Gasteiger partial charge in [-0.3, -0.25) is 4.79 Å². The minimum absolute atomic E-state index is 0.274. The standard InChI is InChI=1S/C15H21N3O2/c1-20-9-6-17-11-12-2-3-13-4-7-18(14(13)10-12)8-5-15(16)19/h2-4,7,10,17H,5-6,8-9,11H2,1H3,(H2,16,19). The number of carbonyl (C=O) groups is 1. The number of fused-ring (bicyclic) bond motifs is 1. The number of nitrogens with zero attached hydrogens (tertiary/aromatic N) is 1. The summed E-state index contributed by atoms with van der Waals surface area (Å²) < 4.78 is 7.07. The van der Waals surface area contributed by atoms with Crippen LogP contribution in [-0.2, 0) is 22.6 Å². The molecule has 1 amide bonds. The molecule has 2 aromatic rings. The van der Waals surface area contributed by atoms with Gasteiger partial charge in [-0.05, 0) is 23.1 Å². The Morgan fingerprint density at radius 3 is 3.00 bits per heavy atom. The lowest BCUT2D eigenvalue weighted by Crippen LogP contribution is -2.18. The van der Waals surface area contributed by atoms with Crippen LogP contribution >= 0.6 is 0 Å². The van der Waals surface area contributed by atoms with Crippen LogP contribution in [0.4, 0.5) is 0 Å². The number of primary amides is 1. The fourth-order valence-electron chi connectivity index (χ4n) is 2.17. The first kappa shape index (κ1) is 14.6. The van der Waals surface area contributed by atoms with E-state index in [9.17, 15) is 4.79 Å². The summed E-state index contributed by atoms with van der Waals surface area (Å²) in [6.07, 6.45) is 2.36. The highest BCUT2D eigenvalue weighted by Crippen LogP contribution is 2.18. The topological polar surface area (TPSA) is 69.3 Å². The van der Waals surface area contributed by atoms with Crippen molar-refractivity contribution >= 4 is 16.8 Å². The molecule has 20 heavy (non-hydrogen) atoms. The summed E-state index contributed by atoms with van der Waals surface area (Å²) in [5.41, 5.74) is 7.55. The predicted molar refractivity (Wildman–Crippen MR) is 79.3 cm³/mol. The highest BCUT2D eigenvalue weighted by atomic mass is 16.5. The fraction of sp³-hybridized carbons (Fsp3) is 0.400. The van der Waals surface area contributed by atoms with Crippen molar-refractivity contribution in [1.82, 2.24) is 9.88 Å². The van der Waals surface area contributed by atoms with E-state index in [-0.39, 0.29) is 5.91 Å². The summed E-state index contributed by atoms with van der Waals surface area (Å²) in [6.45, 7) is 2.97. The third kappa shape index (κ3) is 3.82. The van der Waals surface area contributed by atoms with Gasteiger partial charge in [0.1, 0.15) is 0 Å². The third-order valence-electron chi connectivity index (χ3n) is 3.25. The van der Waals surface area contributed by atoms with Crippen molar-refractivity contribution < 1.29 is 9.53 Å². The molecule has 0 radical (unpaired) electrons. The first-order chi connectivity index (χ1) is 9.70. The van der Waals surface area contributed by atoms with Crippen LogP contribution in [0.15, 0.2) is 30.5 Å². The van der Waals surface area contributed by atoms with E-state index in [0.717, 1.165) is 18.6 Å². The van der Waals surface area contributed by atoms with E-state index in [1.165, 1.54) is 10.9 Å². The lowest BCUT2D eigenvalue weighted by atomic mass is 10.1. The summed E-state index contributed by atoms with van der Waals surface area (Å²) >= 11 is 0. The number of ether oxygens (including phenoxy) is 1. The predicted octanol–water partition coefficient (Wildman–Crippen LogP) is 1.25. The van der Waals surface area contributed by atoms with Gasteiger partial charge in [0, 0.05) is 44.9 Å². The minimum Gasteiger partial charge on any atom is -0.383 e. The number of amides is 1. The first-order valence-corrected chi connectivity index (χ1v) is 6.76. The molecule has 0 saturated heterocycles. The van der Waals surface area contributed by atoms with Gasteiger partial charge in [-0.2, -0.15) is 0 Å². The lowest BCUT2D eigenvalue weighted by Gasteiger charge is -2.07. The van der Waals surface area contributed by atoms with Crippen molar-refractivity contribution in [1.29, 1.82) is 0 Å². The van der Waals surface area contributed by atoms with E-state index in [2.05, 4.69) is 34.1 Å². The van der Waals surface area contributed by atoms with Gasteiger partial charge in [0.2, 0.25) is 5.91 Å². The second kappa shape index (κ2) is 7.07. The van der Waals surface area contributed by atoms with E-state index >= 15 is 0 Å². The molecule has 0 spiro atoms. The van der Waals surface area contributed by atoms with Crippen molar-refractivity contribution in [3.8, 4) is 0 Å². The molecule has 0 saturated carbocycles. The molecule has 2 rings (SSSR count). The lowest BCUT2D eigenvalue weighted by molar-refractivity contribution is -0.118. The average Bonchev–Trinajstić information content (AvgIpc) is 2.84. The van der Waals surface area contributed by atoms with E-state index < -0.39 is 0 Å². The van der Waals surface area contributed by atoms with E-state index in [4.69, 9.17) is 10.5 Å². The van der Waals surface area contributed by atoms with E-state index in [1.54, 1.807) is 7.11 Å². The molecular weight excluding hydrogens is 254 g/mol. The van der Waals surface area contributed by atoms with Crippen molar-refractivity contribution in [3.63, 3.8) is 0 Å². The maximum absolute atomic E-state index is 10.9. The molecule has 0 aliphatic heterocycles. The number of rotatable bonds is 8. The number of aryl methyl sites for hydroxylation is 1.